The van der Waals surface area contributed by atoms with Crippen LogP contribution in [-0.2, 0) is 4.79 Å². The van der Waals surface area contributed by atoms with Gasteiger partial charge in [-0.05, 0) is 44.8 Å². The molecule has 0 spiro atoms. The van der Waals surface area contributed by atoms with Gasteiger partial charge in [-0.3, -0.25) is 0 Å². The fraction of sp³-hybridized carbons (Fsp3) is 0.333. The minimum Gasteiger partial charge on any atom is -0.478 e. The number of nitrogens with one attached hydrogen (secondary N) is 2. The third-order valence-electron chi connectivity index (χ3n) is 2.58. The monoisotopic (exact) mass is 291 g/mol. The third-order valence-corrected chi connectivity index (χ3v) is 2.58. The first-order chi connectivity index (χ1) is 9.86. The number of carboxylic acid groups (broad SMARTS) is 1. The number of anilines is 1. The van der Waals surface area contributed by atoms with Crippen LogP contribution < -0.4 is 10.6 Å². The Morgan fingerprint density at radius 2 is 2.10 bits per heavy atom. The van der Waals surface area contributed by atoms with Gasteiger partial charge in [0.2, 0.25) is 0 Å². The fourth-order valence-corrected chi connectivity index (χ4v) is 1.87. The lowest BCUT2D eigenvalue weighted by Crippen LogP contribution is -2.41. The van der Waals surface area contributed by atoms with E-state index in [-0.39, 0.29) is 12.1 Å². The van der Waals surface area contributed by atoms with Gasteiger partial charge >= 0.3 is 12.0 Å². The molecule has 2 amide bonds. The predicted octanol–water partition coefficient (Wildman–Crippen LogP) is 1.86. The summed E-state index contributed by atoms with van der Waals surface area (Å²) in [5, 5.41) is 14.1. The van der Waals surface area contributed by atoms with Crippen molar-refractivity contribution >= 4 is 23.8 Å². The highest BCUT2D eigenvalue weighted by Gasteiger charge is 2.08. The molecule has 0 aliphatic carbocycles. The molecule has 1 atom stereocenters. The second-order valence-corrected chi connectivity index (χ2v) is 5.06. The van der Waals surface area contributed by atoms with Crippen LogP contribution in [0.1, 0.15) is 12.5 Å². The number of hydrogen-bond donors (Lipinski definition) is 3. The predicted molar refractivity (Wildman–Crippen MR) is 83.3 cm³/mol. The van der Waals surface area contributed by atoms with Crippen molar-refractivity contribution in [3.05, 3.63) is 35.9 Å². The van der Waals surface area contributed by atoms with Gasteiger partial charge in [0.25, 0.3) is 0 Å². The summed E-state index contributed by atoms with van der Waals surface area (Å²) in [4.78, 5) is 24.3. The summed E-state index contributed by atoms with van der Waals surface area (Å²) < 4.78 is 0. The number of rotatable bonds is 6. The molecule has 0 radical (unpaired) electrons. The molecule has 3 N–H and O–H groups in total. The van der Waals surface area contributed by atoms with E-state index in [0.717, 1.165) is 12.6 Å². The van der Waals surface area contributed by atoms with Crippen LogP contribution >= 0.6 is 0 Å². The summed E-state index contributed by atoms with van der Waals surface area (Å²) in [6.07, 6.45) is 2.53. The molecule has 1 aromatic carbocycles. The molecule has 1 unspecified atom stereocenters. The zero-order valence-corrected chi connectivity index (χ0v) is 12.5. The first-order valence-electron chi connectivity index (χ1n) is 6.60. The SMILES string of the molecule is CC(CN(C)C)NC(=O)Nc1cccc(/C=C/C(=O)O)c1. The first-order valence-corrected chi connectivity index (χ1v) is 6.60. The third kappa shape index (κ3) is 7.12. The van der Waals surface area contributed by atoms with Crippen molar-refractivity contribution in [2.24, 2.45) is 0 Å². The largest absolute Gasteiger partial charge is 0.478 e. The van der Waals surface area contributed by atoms with Gasteiger partial charge in [-0.15, -0.1) is 0 Å². The minimum atomic E-state index is -1.01. The first kappa shape index (κ1) is 16.7. The summed E-state index contributed by atoms with van der Waals surface area (Å²) in [6.45, 7) is 2.67. The number of aliphatic carboxylic acids is 1. The van der Waals surface area contributed by atoms with Crippen molar-refractivity contribution in [2.45, 2.75) is 13.0 Å². The minimum absolute atomic E-state index is 0.0232. The number of amides is 2. The second-order valence-electron chi connectivity index (χ2n) is 5.06. The van der Waals surface area contributed by atoms with Crippen LogP contribution in [0.5, 0.6) is 0 Å². The van der Waals surface area contributed by atoms with Crippen LogP contribution in [0.2, 0.25) is 0 Å². The number of urea groups is 1. The summed E-state index contributed by atoms with van der Waals surface area (Å²) in [6, 6.07) is 6.69. The maximum absolute atomic E-state index is 11.8. The van der Waals surface area contributed by atoms with E-state index in [1.807, 2.05) is 25.9 Å². The van der Waals surface area contributed by atoms with Gasteiger partial charge in [-0.2, -0.15) is 0 Å². The molecule has 114 valence electrons. The average molecular weight is 291 g/mol. The van der Waals surface area contributed by atoms with E-state index in [1.165, 1.54) is 6.08 Å². The van der Waals surface area contributed by atoms with Crippen LogP contribution in [-0.4, -0.2) is 48.7 Å². The molecule has 0 aliphatic heterocycles. The van der Waals surface area contributed by atoms with Crippen molar-refractivity contribution in [3.63, 3.8) is 0 Å². The molecule has 1 aromatic rings. The maximum Gasteiger partial charge on any atom is 0.328 e. The smallest absolute Gasteiger partial charge is 0.328 e. The number of carbonyl (C=O) groups is 2. The molecule has 1 rings (SSSR count). The van der Waals surface area contributed by atoms with E-state index in [9.17, 15) is 9.59 Å². The van der Waals surface area contributed by atoms with E-state index in [4.69, 9.17) is 5.11 Å². The standard InChI is InChI=1S/C15H21N3O3/c1-11(10-18(2)3)16-15(21)17-13-6-4-5-12(9-13)7-8-14(19)20/h4-9,11H,10H2,1-3H3,(H,19,20)(H2,16,17,21)/b8-7+. The molecule has 0 aliphatic rings. The Kier molecular flexibility index (Phi) is 6.42. The molecular weight excluding hydrogens is 270 g/mol. The van der Waals surface area contributed by atoms with Gasteiger partial charge in [-0.1, -0.05) is 12.1 Å². The Balaban J connectivity index is 2.60. The van der Waals surface area contributed by atoms with Crippen molar-refractivity contribution in [1.29, 1.82) is 0 Å². The Morgan fingerprint density at radius 1 is 1.38 bits per heavy atom. The number of benzene rings is 1. The Hall–Kier alpha value is -2.34. The number of hydrogen-bond acceptors (Lipinski definition) is 3. The molecule has 0 heterocycles. The second kappa shape index (κ2) is 8.06. The van der Waals surface area contributed by atoms with Crippen LogP contribution in [0.4, 0.5) is 10.5 Å². The normalized spacial score (nSPS) is 12.4. The number of carbonyl (C=O) groups excluding carboxylic acids is 1. The van der Waals surface area contributed by atoms with Gasteiger partial charge in [0.15, 0.2) is 0 Å². The van der Waals surface area contributed by atoms with Crippen LogP contribution in [0.25, 0.3) is 6.08 Å². The highest BCUT2D eigenvalue weighted by Crippen LogP contribution is 2.12. The molecular formula is C15H21N3O3. The Morgan fingerprint density at radius 3 is 2.71 bits per heavy atom. The van der Waals surface area contributed by atoms with Crippen molar-refractivity contribution in [3.8, 4) is 0 Å². The van der Waals surface area contributed by atoms with Gasteiger partial charge in [0, 0.05) is 24.4 Å². The van der Waals surface area contributed by atoms with Crippen LogP contribution in [0, 0.1) is 0 Å². The molecule has 0 saturated carbocycles. The van der Waals surface area contributed by atoms with Gasteiger partial charge in [0.05, 0.1) is 0 Å². The zero-order valence-electron chi connectivity index (χ0n) is 12.5. The lowest BCUT2D eigenvalue weighted by molar-refractivity contribution is -0.131. The van der Waals surface area contributed by atoms with Crippen molar-refractivity contribution in [2.75, 3.05) is 26.0 Å². The molecule has 21 heavy (non-hydrogen) atoms. The Labute approximate surface area is 124 Å². The highest BCUT2D eigenvalue weighted by molar-refractivity contribution is 5.90. The summed E-state index contributed by atoms with van der Waals surface area (Å²) >= 11 is 0. The molecule has 0 saturated heterocycles. The topological polar surface area (TPSA) is 81.7 Å². The number of carboxylic acids is 1. The number of nitrogens with zero attached hydrogens (tertiary/aromatic N) is 1. The highest BCUT2D eigenvalue weighted by atomic mass is 16.4. The summed E-state index contributed by atoms with van der Waals surface area (Å²) in [7, 11) is 3.88. The van der Waals surface area contributed by atoms with E-state index >= 15 is 0 Å². The molecule has 6 heteroatoms. The quantitative estimate of drug-likeness (QED) is 0.699. The van der Waals surface area contributed by atoms with E-state index < -0.39 is 5.97 Å². The number of likely N-dealkylation sites (N-methyl/N-ethyl adjacent to an activating group) is 1. The van der Waals surface area contributed by atoms with E-state index in [1.54, 1.807) is 24.3 Å². The van der Waals surface area contributed by atoms with Gasteiger partial charge in [0.1, 0.15) is 0 Å². The van der Waals surface area contributed by atoms with E-state index in [2.05, 4.69) is 10.6 Å². The van der Waals surface area contributed by atoms with Crippen LogP contribution in [0.15, 0.2) is 30.3 Å². The van der Waals surface area contributed by atoms with E-state index in [0.29, 0.717) is 11.3 Å². The maximum atomic E-state index is 11.8. The van der Waals surface area contributed by atoms with Crippen LogP contribution in [0.3, 0.4) is 0 Å². The summed E-state index contributed by atoms with van der Waals surface area (Å²) in [5.41, 5.74) is 1.31. The van der Waals surface area contributed by atoms with Crippen molar-refractivity contribution in [1.82, 2.24) is 10.2 Å². The summed E-state index contributed by atoms with van der Waals surface area (Å²) in [5.74, 6) is -1.01. The van der Waals surface area contributed by atoms with Gasteiger partial charge < -0.3 is 20.6 Å². The lowest BCUT2D eigenvalue weighted by Gasteiger charge is -2.18. The van der Waals surface area contributed by atoms with Gasteiger partial charge in [-0.25, -0.2) is 9.59 Å². The zero-order chi connectivity index (χ0) is 15.8. The molecule has 0 fully saturated rings. The van der Waals surface area contributed by atoms with Crippen molar-refractivity contribution < 1.29 is 14.7 Å². The lowest BCUT2D eigenvalue weighted by atomic mass is 10.2. The molecule has 0 bridgehead atoms. The average Bonchev–Trinajstić information content (AvgIpc) is 2.35. The molecule has 6 nitrogen and oxygen atoms in total. The fourth-order valence-electron chi connectivity index (χ4n) is 1.87. The molecule has 0 aromatic heterocycles. The Bertz CT molecular complexity index is 527.